The maximum atomic E-state index is 11.0. The molecule has 0 bridgehead atoms. The number of anilines is 1. The monoisotopic (exact) mass is 248 g/mol. The third-order valence-corrected chi connectivity index (χ3v) is 2.43. The molecular formula is C12H12N2O4. The number of terminal acetylenes is 1. The Balaban J connectivity index is 3.44. The Morgan fingerprint density at radius 1 is 1.61 bits per heavy atom. The Labute approximate surface area is 104 Å². The van der Waals surface area contributed by atoms with Gasteiger partial charge in [-0.1, -0.05) is 12.0 Å². The van der Waals surface area contributed by atoms with Crippen molar-refractivity contribution in [3.05, 3.63) is 33.9 Å². The van der Waals surface area contributed by atoms with E-state index in [0.717, 1.165) is 0 Å². The van der Waals surface area contributed by atoms with E-state index in [1.807, 2.05) is 0 Å². The van der Waals surface area contributed by atoms with Gasteiger partial charge in [0.15, 0.2) is 0 Å². The Hall–Kier alpha value is -2.55. The van der Waals surface area contributed by atoms with Gasteiger partial charge in [-0.3, -0.25) is 10.1 Å². The smallest absolute Gasteiger partial charge is 0.342 e. The van der Waals surface area contributed by atoms with Crippen molar-refractivity contribution in [2.75, 3.05) is 18.0 Å². The zero-order chi connectivity index (χ0) is 13.7. The fraction of sp³-hybridized carbons (Fsp3) is 0.250. The highest BCUT2D eigenvalue weighted by Crippen LogP contribution is 2.31. The van der Waals surface area contributed by atoms with Crippen LogP contribution < -0.4 is 4.90 Å². The lowest BCUT2D eigenvalue weighted by Crippen LogP contribution is -2.24. The van der Waals surface area contributed by atoms with Crippen LogP contribution in [0.4, 0.5) is 11.4 Å². The molecule has 0 amide bonds. The summed E-state index contributed by atoms with van der Waals surface area (Å²) in [5.74, 6) is 1.05. The fourth-order valence-electron chi connectivity index (χ4n) is 1.63. The normalized spacial score (nSPS) is 9.56. The van der Waals surface area contributed by atoms with Crippen molar-refractivity contribution in [1.29, 1.82) is 0 Å². The molecule has 0 spiro atoms. The topological polar surface area (TPSA) is 83.7 Å². The second kappa shape index (κ2) is 5.68. The molecule has 1 rings (SSSR count). The highest BCUT2D eigenvalue weighted by molar-refractivity contribution is 5.95. The minimum atomic E-state index is -1.33. The van der Waals surface area contributed by atoms with Gasteiger partial charge in [0.1, 0.15) is 11.3 Å². The van der Waals surface area contributed by atoms with E-state index in [1.165, 1.54) is 18.2 Å². The van der Waals surface area contributed by atoms with Crippen molar-refractivity contribution >= 4 is 17.3 Å². The Kier molecular flexibility index (Phi) is 4.27. The molecule has 0 heterocycles. The maximum absolute atomic E-state index is 11.0. The molecule has 0 saturated heterocycles. The Morgan fingerprint density at radius 2 is 2.28 bits per heavy atom. The number of nitro groups is 1. The van der Waals surface area contributed by atoms with Gasteiger partial charge in [-0.05, 0) is 19.1 Å². The number of nitrogens with zero attached hydrogens (tertiary/aromatic N) is 2. The molecule has 1 N–H and O–H groups in total. The molecule has 0 aliphatic heterocycles. The van der Waals surface area contributed by atoms with Crippen LogP contribution in [-0.4, -0.2) is 29.1 Å². The average molecular weight is 248 g/mol. The number of carbonyl (C=O) groups is 1. The van der Waals surface area contributed by atoms with Crippen molar-refractivity contribution in [2.24, 2.45) is 0 Å². The number of nitro benzene ring substituents is 1. The van der Waals surface area contributed by atoms with Crippen LogP contribution in [0.2, 0.25) is 0 Å². The molecule has 94 valence electrons. The summed E-state index contributed by atoms with van der Waals surface area (Å²) in [7, 11) is 0. The van der Waals surface area contributed by atoms with Crippen molar-refractivity contribution in [3.63, 3.8) is 0 Å². The highest BCUT2D eigenvalue weighted by Gasteiger charge is 2.26. The first-order valence-corrected chi connectivity index (χ1v) is 5.22. The molecule has 0 aliphatic carbocycles. The van der Waals surface area contributed by atoms with Gasteiger partial charge in [-0.25, -0.2) is 4.79 Å². The predicted octanol–water partition coefficient (Wildman–Crippen LogP) is 1.75. The molecule has 0 saturated carbocycles. The lowest BCUT2D eigenvalue weighted by Gasteiger charge is -2.20. The molecule has 0 fully saturated rings. The fourth-order valence-corrected chi connectivity index (χ4v) is 1.63. The van der Waals surface area contributed by atoms with Crippen LogP contribution in [0.3, 0.4) is 0 Å². The number of carboxylic acid groups (broad SMARTS) is 1. The molecule has 0 atom stereocenters. The molecule has 1 aromatic carbocycles. The summed E-state index contributed by atoms with van der Waals surface area (Å²) in [5.41, 5.74) is -0.546. The SMILES string of the molecule is C#CCN(CC)c1cccc(C(=O)O)c1[N+](=O)[O-]. The summed E-state index contributed by atoms with van der Waals surface area (Å²) in [4.78, 5) is 22.9. The van der Waals surface area contributed by atoms with Gasteiger partial charge < -0.3 is 10.0 Å². The molecule has 0 aliphatic rings. The zero-order valence-corrected chi connectivity index (χ0v) is 9.79. The Morgan fingerprint density at radius 3 is 2.72 bits per heavy atom. The van der Waals surface area contributed by atoms with Gasteiger partial charge in [0.25, 0.3) is 0 Å². The summed E-state index contributed by atoms with van der Waals surface area (Å²) >= 11 is 0. The van der Waals surface area contributed by atoms with Crippen molar-refractivity contribution < 1.29 is 14.8 Å². The third-order valence-electron chi connectivity index (χ3n) is 2.43. The van der Waals surface area contributed by atoms with Crippen LogP contribution in [0.15, 0.2) is 18.2 Å². The lowest BCUT2D eigenvalue weighted by atomic mass is 10.1. The minimum Gasteiger partial charge on any atom is -0.477 e. The molecule has 6 nitrogen and oxygen atoms in total. The van der Waals surface area contributed by atoms with Crippen molar-refractivity contribution in [2.45, 2.75) is 6.92 Å². The van der Waals surface area contributed by atoms with Crippen LogP contribution in [-0.2, 0) is 0 Å². The van der Waals surface area contributed by atoms with Crippen LogP contribution in [0.1, 0.15) is 17.3 Å². The number of aromatic carboxylic acids is 1. The molecular weight excluding hydrogens is 236 g/mol. The summed E-state index contributed by atoms with van der Waals surface area (Å²) in [5, 5.41) is 20.0. The second-order valence-electron chi connectivity index (χ2n) is 3.45. The number of carboxylic acids is 1. The minimum absolute atomic E-state index is 0.181. The molecule has 1 aromatic rings. The van der Waals surface area contributed by atoms with Gasteiger partial charge in [-0.15, -0.1) is 6.42 Å². The van der Waals surface area contributed by atoms with E-state index in [0.29, 0.717) is 6.54 Å². The van der Waals surface area contributed by atoms with E-state index in [4.69, 9.17) is 11.5 Å². The molecule has 18 heavy (non-hydrogen) atoms. The third kappa shape index (κ3) is 2.58. The van der Waals surface area contributed by atoms with Gasteiger partial charge in [-0.2, -0.15) is 0 Å². The number of hydrogen-bond acceptors (Lipinski definition) is 4. The van der Waals surface area contributed by atoms with E-state index < -0.39 is 16.6 Å². The first-order valence-electron chi connectivity index (χ1n) is 5.22. The summed E-state index contributed by atoms with van der Waals surface area (Å²) in [6.07, 6.45) is 5.19. The van der Waals surface area contributed by atoms with E-state index >= 15 is 0 Å². The molecule has 0 unspecified atom stereocenters. The van der Waals surface area contributed by atoms with E-state index in [2.05, 4.69) is 5.92 Å². The summed E-state index contributed by atoms with van der Waals surface area (Å²) in [6.45, 7) is 2.42. The lowest BCUT2D eigenvalue weighted by molar-refractivity contribution is -0.384. The number of para-hydroxylation sites is 1. The first-order chi connectivity index (χ1) is 8.52. The zero-order valence-electron chi connectivity index (χ0n) is 9.79. The van der Waals surface area contributed by atoms with Gasteiger partial charge in [0.05, 0.1) is 11.5 Å². The maximum Gasteiger partial charge on any atom is 0.342 e. The number of rotatable bonds is 5. The molecule has 0 aromatic heterocycles. The van der Waals surface area contributed by atoms with Crippen molar-refractivity contribution in [3.8, 4) is 12.3 Å². The largest absolute Gasteiger partial charge is 0.477 e. The van der Waals surface area contributed by atoms with E-state index in [1.54, 1.807) is 11.8 Å². The molecule has 0 radical (unpaired) electrons. The van der Waals surface area contributed by atoms with Gasteiger partial charge in [0, 0.05) is 6.54 Å². The number of benzene rings is 1. The van der Waals surface area contributed by atoms with Crippen molar-refractivity contribution in [1.82, 2.24) is 0 Å². The average Bonchev–Trinajstić information content (AvgIpc) is 2.34. The Bertz CT molecular complexity index is 519. The first kappa shape index (κ1) is 13.5. The predicted molar refractivity (Wildman–Crippen MR) is 66.8 cm³/mol. The van der Waals surface area contributed by atoms with Gasteiger partial charge >= 0.3 is 11.7 Å². The quantitative estimate of drug-likeness (QED) is 0.487. The van der Waals surface area contributed by atoms with Crippen LogP contribution >= 0.6 is 0 Å². The summed E-state index contributed by atoms with van der Waals surface area (Å²) in [6, 6.07) is 4.16. The molecule has 6 heteroatoms. The highest BCUT2D eigenvalue weighted by atomic mass is 16.6. The second-order valence-corrected chi connectivity index (χ2v) is 3.45. The summed E-state index contributed by atoms with van der Waals surface area (Å²) < 4.78 is 0. The van der Waals surface area contributed by atoms with Gasteiger partial charge in [0.2, 0.25) is 0 Å². The number of hydrogen-bond donors (Lipinski definition) is 1. The van der Waals surface area contributed by atoms with E-state index in [-0.39, 0.29) is 17.8 Å². The van der Waals surface area contributed by atoms with E-state index in [9.17, 15) is 14.9 Å². The standard InChI is InChI=1S/C12H12N2O4/c1-3-8-13(4-2)10-7-5-6-9(12(15)16)11(10)14(17)18/h1,5-7H,4,8H2,2H3,(H,15,16). The van der Waals surface area contributed by atoms with Crippen LogP contribution in [0.5, 0.6) is 0 Å². The van der Waals surface area contributed by atoms with Crippen LogP contribution in [0.25, 0.3) is 0 Å². The van der Waals surface area contributed by atoms with Crippen LogP contribution in [0, 0.1) is 22.5 Å².